The molecule has 0 fully saturated rings. The molecule has 1 aromatic rings. The molecule has 5 heteroatoms. The lowest BCUT2D eigenvalue weighted by atomic mass is 9.67. The number of Topliss-reactive ketones (excluding diaryl/α,β-unsaturated/α-hetero) is 2. The van der Waals surface area contributed by atoms with Gasteiger partial charge in [-0.3, -0.25) is 9.59 Å². The Hall–Kier alpha value is -1.91. The van der Waals surface area contributed by atoms with Crippen LogP contribution in [0.2, 0.25) is 0 Å². The average molecular weight is 296 g/mol. The molecule has 0 aromatic heterocycles. The van der Waals surface area contributed by atoms with Crippen LogP contribution in [0.1, 0.15) is 36.5 Å². The fourth-order valence-corrected chi connectivity index (χ4v) is 2.62. The minimum atomic E-state index is -5.01. The van der Waals surface area contributed by atoms with Crippen molar-refractivity contribution in [2.75, 3.05) is 0 Å². The normalized spacial score (nSPS) is 22.6. The zero-order chi connectivity index (χ0) is 15.7. The van der Waals surface area contributed by atoms with Gasteiger partial charge in [-0.15, -0.1) is 0 Å². The van der Waals surface area contributed by atoms with E-state index < -0.39 is 23.2 Å². The maximum absolute atomic E-state index is 12.9. The van der Waals surface area contributed by atoms with Gasteiger partial charge in [-0.1, -0.05) is 42.0 Å². The zero-order valence-corrected chi connectivity index (χ0v) is 11.5. The minimum absolute atomic E-state index is 0.0958. The fourth-order valence-electron chi connectivity index (χ4n) is 2.62. The molecule has 0 aliphatic heterocycles. The number of hydrogen-bond acceptors (Lipinski definition) is 2. The van der Waals surface area contributed by atoms with Gasteiger partial charge in [0.15, 0.2) is 5.78 Å². The molecule has 1 aliphatic rings. The zero-order valence-electron chi connectivity index (χ0n) is 11.5. The first-order valence-electron chi connectivity index (χ1n) is 6.64. The summed E-state index contributed by atoms with van der Waals surface area (Å²) in [7, 11) is 0. The molecule has 0 bridgehead atoms. The monoisotopic (exact) mass is 296 g/mol. The van der Waals surface area contributed by atoms with Gasteiger partial charge in [0.1, 0.15) is 5.41 Å². The van der Waals surface area contributed by atoms with Gasteiger partial charge in [0.05, 0.1) is 0 Å². The van der Waals surface area contributed by atoms with Crippen LogP contribution in [0, 0.1) is 5.41 Å². The van der Waals surface area contributed by atoms with Crippen LogP contribution in [-0.4, -0.2) is 17.7 Å². The Labute approximate surface area is 120 Å². The topological polar surface area (TPSA) is 34.1 Å². The SMILES string of the molecule is CC1=CCC(C(=O)c2ccccc2)(C(=O)C(F)(F)F)CC1. The summed E-state index contributed by atoms with van der Waals surface area (Å²) < 4.78 is 38.8. The first-order valence-corrected chi connectivity index (χ1v) is 6.64. The van der Waals surface area contributed by atoms with E-state index in [0.29, 0.717) is 6.42 Å². The smallest absolute Gasteiger partial charge is 0.293 e. The van der Waals surface area contributed by atoms with Crippen LogP contribution in [0.5, 0.6) is 0 Å². The fraction of sp³-hybridized carbons (Fsp3) is 0.375. The van der Waals surface area contributed by atoms with Crippen molar-refractivity contribution in [1.82, 2.24) is 0 Å². The Kier molecular flexibility index (Phi) is 4.03. The quantitative estimate of drug-likeness (QED) is 0.478. The Bertz CT molecular complexity index is 587. The van der Waals surface area contributed by atoms with Gasteiger partial charge in [0, 0.05) is 5.56 Å². The Morgan fingerprint density at radius 1 is 1.14 bits per heavy atom. The van der Waals surface area contributed by atoms with Crippen LogP contribution >= 0.6 is 0 Å². The van der Waals surface area contributed by atoms with E-state index in [1.165, 1.54) is 12.1 Å². The van der Waals surface area contributed by atoms with E-state index in [4.69, 9.17) is 0 Å². The van der Waals surface area contributed by atoms with E-state index in [0.717, 1.165) is 5.57 Å². The highest BCUT2D eigenvalue weighted by molar-refractivity contribution is 6.16. The number of carbonyl (C=O) groups excluding carboxylic acids is 2. The maximum atomic E-state index is 12.9. The van der Waals surface area contributed by atoms with Crippen LogP contribution in [-0.2, 0) is 4.79 Å². The van der Waals surface area contributed by atoms with Gasteiger partial charge < -0.3 is 0 Å². The van der Waals surface area contributed by atoms with E-state index in [2.05, 4.69) is 0 Å². The number of hydrogen-bond donors (Lipinski definition) is 0. The van der Waals surface area contributed by atoms with E-state index in [1.807, 2.05) is 0 Å². The molecule has 21 heavy (non-hydrogen) atoms. The minimum Gasteiger partial charge on any atom is -0.293 e. The predicted octanol–water partition coefficient (Wildman–Crippen LogP) is 4.12. The summed E-state index contributed by atoms with van der Waals surface area (Å²) in [4.78, 5) is 24.5. The first-order chi connectivity index (χ1) is 9.77. The molecular weight excluding hydrogens is 281 g/mol. The second kappa shape index (κ2) is 5.47. The largest absolute Gasteiger partial charge is 0.451 e. The summed E-state index contributed by atoms with van der Waals surface area (Å²) in [5.74, 6) is -2.68. The van der Waals surface area contributed by atoms with Crippen LogP contribution in [0.25, 0.3) is 0 Å². The molecule has 1 unspecified atom stereocenters. The van der Waals surface area contributed by atoms with E-state index >= 15 is 0 Å². The Morgan fingerprint density at radius 3 is 2.24 bits per heavy atom. The maximum Gasteiger partial charge on any atom is 0.451 e. The van der Waals surface area contributed by atoms with Crippen LogP contribution in [0.15, 0.2) is 42.0 Å². The second-order valence-corrected chi connectivity index (χ2v) is 5.36. The Morgan fingerprint density at radius 2 is 1.76 bits per heavy atom. The van der Waals surface area contributed by atoms with Gasteiger partial charge in [-0.2, -0.15) is 13.2 Å². The second-order valence-electron chi connectivity index (χ2n) is 5.36. The highest BCUT2D eigenvalue weighted by Gasteiger charge is 2.56. The lowest BCUT2D eigenvalue weighted by Gasteiger charge is -2.33. The lowest BCUT2D eigenvalue weighted by Crippen LogP contribution is -2.47. The molecule has 0 heterocycles. The summed E-state index contributed by atoms with van der Waals surface area (Å²) >= 11 is 0. The van der Waals surface area contributed by atoms with Gasteiger partial charge in [-0.05, 0) is 26.2 Å². The van der Waals surface area contributed by atoms with Crippen molar-refractivity contribution in [3.8, 4) is 0 Å². The molecule has 0 spiro atoms. The third-order valence-corrected chi connectivity index (χ3v) is 3.91. The van der Waals surface area contributed by atoms with Crippen molar-refractivity contribution < 1.29 is 22.8 Å². The van der Waals surface area contributed by atoms with Crippen LogP contribution in [0.3, 0.4) is 0 Å². The van der Waals surface area contributed by atoms with Crippen molar-refractivity contribution in [2.45, 2.75) is 32.4 Å². The third kappa shape index (κ3) is 2.91. The number of rotatable bonds is 3. The molecule has 1 aromatic carbocycles. The molecule has 1 atom stereocenters. The first kappa shape index (κ1) is 15.5. The molecule has 0 N–H and O–H groups in total. The number of benzene rings is 1. The van der Waals surface area contributed by atoms with E-state index in [1.54, 1.807) is 31.2 Å². The van der Waals surface area contributed by atoms with Crippen molar-refractivity contribution >= 4 is 11.6 Å². The van der Waals surface area contributed by atoms with Gasteiger partial charge in [-0.25, -0.2) is 0 Å². The lowest BCUT2D eigenvalue weighted by molar-refractivity contribution is -0.179. The van der Waals surface area contributed by atoms with Crippen LogP contribution < -0.4 is 0 Å². The molecule has 0 saturated heterocycles. The molecule has 2 rings (SSSR count). The average Bonchev–Trinajstić information content (AvgIpc) is 2.47. The number of ketones is 2. The summed E-state index contributed by atoms with van der Waals surface area (Å²) in [5.41, 5.74) is -0.969. The predicted molar refractivity (Wildman–Crippen MR) is 71.9 cm³/mol. The molecule has 2 nitrogen and oxygen atoms in total. The summed E-state index contributed by atoms with van der Waals surface area (Å²) in [6, 6.07) is 7.70. The van der Waals surface area contributed by atoms with E-state index in [9.17, 15) is 22.8 Å². The summed E-state index contributed by atoms with van der Waals surface area (Å²) in [5, 5.41) is 0. The number of alkyl halides is 3. The highest BCUT2D eigenvalue weighted by Crippen LogP contribution is 2.43. The standard InChI is InChI=1S/C16H15F3O2/c1-11-7-9-15(10-8-11,14(21)16(17,18)19)13(20)12-5-3-2-4-6-12/h2-7H,8-10H2,1H3. The number of allylic oxidation sites excluding steroid dienone is 2. The third-order valence-electron chi connectivity index (χ3n) is 3.91. The summed E-state index contributed by atoms with van der Waals surface area (Å²) in [6.45, 7) is 1.79. The Balaban J connectivity index is 2.48. The van der Waals surface area contributed by atoms with Gasteiger partial charge in [0.25, 0.3) is 0 Å². The number of carbonyl (C=O) groups is 2. The molecule has 0 saturated carbocycles. The van der Waals surface area contributed by atoms with Crippen molar-refractivity contribution in [1.29, 1.82) is 0 Å². The summed E-state index contributed by atoms with van der Waals surface area (Å²) in [6.07, 6.45) is -3.41. The van der Waals surface area contributed by atoms with Crippen molar-refractivity contribution in [2.24, 2.45) is 5.41 Å². The molecule has 0 radical (unpaired) electrons. The molecule has 112 valence electrons. The van der Waals surface area contributed by atoms with Gasteiger partial charge >= 0.3 is 6.18 Å². The molecular formula is C16H15F3O2. The van der Waals surface area contributed by atoms with Crippen molar-refractivity contribution in [3.63, 3.8) is 0 Å². The van der Waals surface area contributed by atoms with Crippen LogP contribution in [0.4, 0.5) is 13.2 Å². The van der Waals surface area contributed by atoms with E-state index in [-0.39, 0.29) is 18.4 Å². The molecule has 1 aliphatic carbocycles. The highest BCUT2D eigenvalue weighted by atomic mass is 19.4. The number of halogens is 3. The van der Waals surface area contributed by atoms with Gasteiger partial charge in [0.2, 0.25) is 5.78 Å². The molecule has 0 amide bonds. The van der Waals surface area contributed by atoms with Crippen molar-refractivity contribution in [3.05, 3.63) is 47.5 Å².